The number of hydrogen-bond acceptors (Lipinski definition) is 3. The molecule has 1 fully saturated rings. The Kier molecular flexibility index (Phi) is 3.09. The molecule has 4 nitrogen and oxygen atoms in total. The second-order valence-electron chi connectivity index (χ2n) is 5.60. The van der Waals surface area contributed by atoms with Crippen LogP contribution in [0.15, 0.2) is 12.1 Å². The molecule has 1 amide bonds. The zero-order valence-corrected chi connectivity index (χ0v) is 11.4. The first-order valence-electron chi connectivity index (χ1n) is 7.14. The van der Waals surface area contributed by atoms with Crippen LogP contribution in [0.1, 0.15) is 31.7 Å². The van der Waals surface area contributed by atoms with Crippen LogP contribution in [0, 0.1) is 5.92 Å². The van der Waals surface area contributed by atoms with Gasteiger partial charge in [-0.1, -0.05) is 0 Å². The number of anilines is 3. The number of carbonyl (C=O) groups is 1. The van der Waals surface area contributed by atoms with Crippen molar-refractivity contribution in [1.29, 1.82) is 0 Å². The fourth-order valence-electron chi connectivity index (χ4n) is 2.72. The predicted octanol–water partition coefficient (Wildman–Crippen LogP) is 2.39. The molecular weight excluding hydrogens is 238 g/mol. The van der Waals surface area contributed by atoms with Gasteiger partial charge in [0.2, 0.25) is 5.91 Å². The molecule has 102 valence electrons. The van der Waals surface area contributed by atoms with Crippen LogP contribution in [-0.2, 0) is 11.2 Å². The maximum absolute atomic E-state index is 11.4. The standard InChI is InChI=1S/C15H21N3O/c1-2-18(9-10-3-4-10)14-7-11-5-6-15(19)17-13(11)8-12(14)16/h7-8,10H,2-6,9,16H2,1H3,(H,17,19). The van der Waals surface area contributed by atoms with Crippen LogP contribution >= 0.6 is 0 Å². The molecule has 4 heteroatoms. The molecular formula is C15H21N3O. The van der Waals surface area contributed by atoms with Gasteiger partial charge in [-0.05, 0) is 49.8 Å². The fraction of sp³-hybridized carbons (Fsp3) is 0.533. The van der Waals surface area contributed by atoms with E-state index in [2.05, 4.69) is 23.2 Å². The summed E-state index contributed by atoms with van der Waals surface area (Å²) in [5, 5.41) is 2.90. The minimum absolute atomic E-state index is 0.0879. The quantitative estimate of drug-likeness (QED) is 0.816. The largest absolute Gasteiger partial charge is 0.397 e. The molecule has 0 radical (unpaired) electrons. The van der Waals surface area contributed by atoms with Gasteiger partial charge in [-0.25, -0.2) is 0 Å². The fourth-order valence-corrected chi connectivity index (χ4v) is 2.72. The number of nitrogen functional groups attached to an aromatic ring is 1. The molecule has 3 N–H and O–H groups in total. The molecule has 1 saturated carbocycles. The van der Waals surface area contributed by atoms with Gasteiger partial charge in [0.1, 0.15) is 0 Å². The van der Waals surface area contributed by atoms with Crippen molar-refractivity contribution in [2.45, 2.75) is 32.6 Å². The van der Waals surface area contributed by atoms with Gasteiger partial charge in [-0.15, -0.1) is 0 Å². The summed E-state index contributed by atoms with van der Waals surface area (Å²) >= 11 is 0. The molecule has 0 atom stereocenters. The number of hydrogen-bond donors (Lipinski definition) is 2. The monoisotopic (exact) mass is 259 g/mol. The first-order chi connectivity index (χ1) is 9.17. The summed E-state index contributed by atoms with van der Waals surface area (Å²) in [4.78, 5) is 13.8. The van der Waals surface area contributed by atoms with E-state index in [9.17, 15) is 4.79 Å². The smallest absolute Gasteiger partial charge is 0.224 e. The highest BCUT2D eigenvalue weighted by Crippen LogP contribution is 2.36. The zero-order valence-electron chi connectivity index (χ0n) is 11.4. The van der Waals surface area contributed by atoms with Crippen LogP contribution in [0.25, 0.3) is 0 Å². The number of rotatable bonds is 4. The van der Waals surface area contributed by atoms with Crippen LogP contribution in [-0.4, -0.2) is 19.0 Å². The Morgan fingerprint density at radius 3 is 2.84 bits per heavy atom. The van der Waals surface area contributed by atoms with Gasteiger partial charge in [-0.2, -0.15) is 0 Å². The lowest BCUT2D eigenvalue weighted by Crippen LogP contribution is -2.27. The summed E-state index contributed by atoms with van der Waals surface area (Å²) in [5.41, 5.74) is 10.2. The van der Waals surface area contributed by atoms with E-state index in [0.29, 0.717) is 6.42 Å². The molecule has 0 saturated heterocycles. The summed E-state index contributed by atoms with van der Waals surface area (Å²) in [6.45, 7) is 4.25. The third-order valence-corrected chi connectivity index (χ3v) is 4.05. The number of nitrogens with zero attached hydrogens (tertiary/aromatic N) is 1. The minimum Gasteiger partial charge on any atom is -0.397 e. The lowest BCUT2D eigenvalue weighted by atomic mass is 10.0. The molecule has 2 aliphatic rings. The van der Waals surface area contributed by atoms with E-state index in [1.165, 1.54) is 18.4 Å². The Labute approximate surface area is 114 Å². The highest BCUT2D eigenvalue weighted by Gasteiger charge is 2.25. The highest BCUT2D eigenvalue weighted by atomic mass is 16.1. The van der Waals surface area contributed by atoms with Crippen LogP contribution in [0.2, 0.25) is 0 Å². The van der Waals surface area contributed by atoms with Gasteiger partial charge in [0.25, 0.3) is 0 Å². The molecule has 0 bridgehead atoms. The van der Waals surface area contributed by atoms with E-state index < -0.39 is 0 Å². The molecule has 1 aliphatic heterocycles. The lowest BCUT2D eigenvalue weighted by molar-refractivity contribution is -0.116. The molecule has 0 spiro atoms. The van der Waals surface area contributed by atoms with Gasteiger partial charge in [0.05, 0.1) is 11.4 Å². The number of benzene rings is 1. The molecule has 1 aliphatic carbocycles. The normalized spacial score (nSPS) is 17.8. The Balaban J connectivity index is 1.90. The van der Waals surface area contributed by atoms with E-state index >= 15 is 0 Å². The SMILES string of the molecule is CCN(CC1CC1)c1cc2c(cc1N)NC(=O)CC2. The van der Waals surface area contributed by atoms with Gasteiger partial charge in [0.15, 0.2) is 0 Å². The summed E-state index contributed by atoms with van der Waals surface area (Å²) in [6.07, 6.45) is 4.08. The number of aryl methyl sites for hydroxylation is 1. The lowest BCUT2D eigenvalue weighted by Gasteiger charge is -2.27. The van der Waals surface area contributed by atoms with Gasteiger partial charge in [0, 0.05) is 25.2 Å². The summed E-state index contributed by atoms with van der Waals surface area (Å²) in [6, 6.07) is 4.08. The average molecular weight is 259 g/mol. The topological polar surface area (TPSA) is 58.4 Å². The van der Waals surface area contributed by atoms with Gasteiger partial charge >= 0.3 is 0 Å². The average Bonchev–Trinajstić information content (AvgIpc) is 3.19. The van der Waals surface area contributed by atoms with Crippen LogP contribution in [0.5, 0.6) is 0 Å². The third kappa shape index (κ3) is 2.53. The second kappa shape index (κ2) is 4.76. The Morgan fingerprint density at radius 1 is 1.37 bits per heavy atom. The number of carbonyl (C=O) groups excluding carboxylic acids is 1. The van der Waals surface area contributed by atoms with E-state index in [1.54, 1.807) is 0 Å². The molecule has 0 aromatic heterocycles. The Hall–Kier alpha value is -1.71. The van der Waals surface area contributed by atoms with E-state index in [4.69, 9.17) is 5.73 Å². The van der Waals surface area contributed by atoms with E-state index in [1.807, 2.05) is 6.07 Å². The van der Waals surface area contributed by atoms with Crippen molar-refractivity contribution in [1.82, 2.24) is 0 Å². The van der Waals surface area contributed by atoms with Crippen molar-refractivity contribution in [3.63, 3.8) is 0 Å². The van der Waals surface area contributed by atoms with Crippen molar-refractivity contribution in [3.8, 4) is 0 Å². The van der Waals surface area contributed by atoms with Crippen molar-refractivity contribution >= 4 is 23.0 Å². The van der Waals surface area contributed by atoms with Crippen molar-refractivity contribution in [2.75, 3.05) is 29.0 Å². The first-order valence-corrected chi connectivity index (χ1v) is 7.14. The van der Waals surface area contributed by atoms with Crippen LogP contribution in [0.3, 0.4) is 0 Å². The van der Waals surface area contributed by atoms with Gasteiger partial charge in [-0.3, -0.25) is 4.79 Å². The number of nitrogens with one attached hydrogen (secondary N) is 1. The minimum atomic E-state index is 0.0879. The predicted molar refractivity (Wildman–Crippen MR) is 78.4 cm³/mol. The highest BCUT2D eigenvalue weighted by molar-refractivity contribution is 5.95. The van der Waals surface area contributed by atoms with Crippen molar-refractivity contribution in [2.24, 2.45) is 5.92 Å². The zero-order chi connectivity index (χ0) is 13.4. The summed E-state index contributed by atoms with van der Waals surface area (Å²) < 4.78 is 0. The summed E-state index contributed by atoms with van der Waals surface area (Å²) in [5.74, 6) is 0.931. The maximum atomic E-state index is 11.4. The van der Waals surface area contributed by atoms with Crippen LogP contribution < -0.4 is 16.0 Å². The first kappa shape index (κ1) is 12.3. The van der Waals surface area contributed by atoms with Crippen molar-refractivity contribution in [3.05, 3.63) is 17.7 Å². The maximum Gasteiger partial charge on any atom is 0.224 e. The van der Waals surface area contributed by atoms with E-state index in [-0.39, 0.29) is 5.91 Å². The number of fused-ring (bicyclic) bond motifs is 1. The van der Waals surface area contributed by atoms with E-state index in [0.717, 1.165) is 42.5 Å². The Morgan fingerprint density at radius 2 is 2.16 bits per heavy atom. The Bertz CT molecular complexity index is 508. The molecule has 0 unspecified atom stereocenters. The van der Waals surface area contributed by atoms with Crippen molar-refractivity contribution < 1.29 is 4.79 Å². The summed E-state index contributed by atoms with van der Waals surface area (Å²) in [7, 11) is 0. The van der Waals surface area contributed by atoms with Crippen LogP contribution in [0.4, 0.5) is 17.1 Å². The number of amides is 1. The molecule has 1 heterocycles. The second-order valence-corrected chi connectivity index (χ2v) is 5.60. The third-order valence-electron chi connectivity index (χ3n) is 4.05. The number of nitrogens with two attached hydrogens (primary N) is 1. The molecule has 19 heavy (non-hydrogen) atoms. The van der Waals surface area contributed by atoms with Gasteiger partial charge < -0.3 is 16.0 Å². The molecule has 1 aromatic rings. The molecule has 3 rings (SSSR count). The molecule has 1 aromatic carbocycles.